The number of carbonyl (C=O) groups is 2. The molecule has 3 aromatic rings. The van der Waals surface area contributed by atoms with Gasteiger partial charge in [0.2, 0.25) is 5.91 Å². The molecule has 0 bridgehead atoms. The fraction of sp³-hybridized carbons (Fsp3) is 0.263. The Hall–Kier alpha value is -3.38. The van der Waals surface area contributed by atoms with Crippen molar-refractivity contribution in [3.63, 3.8) is 0 Å². The number of hydrogen-bond donors (Lipinski definition) is 3. The number of H-pyrrole nitrogens is 2. The summed E-state index contributed by atoms with van der Waals surface area (Å²) in [7, 11) is 0. The van der Waals surface area contributed by atoms with Crippen LogP contribution in [0.2, 0.25) is 5.02 Å². The monoisotopic (exact) mass is 478 g/mol. The van der Waals surface area contributed by atoms with E-state index in [1.807, 2.05) is 0 Å². The molecule has 2 aromatic heterocycles. The highest BCUT2D eigenvalue weighted by Crippen LogP contribution is 2.24. The summed E-state index contributed by atoms with van der Waals surface area (Å²) in [5.74, 6) is -0.492. The van der Waals surface area contributed by atoms with Crippen molar-refractivity contribution in [3.8, 4) is 5.69 Å². The number of hydrogen-bond acceptors (Lipinski definition) is 8. The molecular formula is C19H19ClN6O5S. The highest BCUT2D eigenvalue weighted by molar-refractivity contribution is 7.99. The Morgan fingerprint density at radius 2 is 1.94 bits per heavy atom. The number of nitrogens with zero attached hydrogens (tertiary/aromatic N) is 3. The highest BCUT2D eigenvalue weighted by Gasteiger charge is 2.17. The van der Waals surface area contributed by atoms with Gasteiger partial charge in [0.15, 0.2) is 5.16 Å². The molecule has 1 amide bonds. The molecule has 0 saturated carbocycles. The molecule has 2 heterocycles. The van der Waals surface area contributed by atoms with E-state index < -0.39 is 17.2 Å². The van der Waals surface area contributed by atoms with Crippen LogP contribution in [0.3, 0.4) is 0 Å². The molecule has 11 nitrogen and oxygen atoms in total. The zero-order valence-corrected chi connectivity index (χ0v) is 18.5. The Morgan fingerprint density at radius 1 is 1.19 bits per heavy atom. The van der Waals surface area contributed by atoms with Gasteiger partial charge in [-0.3, -0.25) is 23.9 Å². The maximum atomic E-state index is 12.1. The van der Waals surface area contributed by atoms with E-state index in [0.29, 0.717) is 27.4 Å². The normalized spacial score (nSPS) is 10.7. The predicted octanol–water partition coefficient (Wildman–Crippen LogP) is 0.659. The van der Waals surface area contributed by atoms with Gasteiger partial charge in [0.25, 0.3) is 5.56 Å². The number of aromatic amines is 2. The molecule has 3 rings (SSSR count). The Balaban J connectivity index is 1.82. The van der Waals surface area contributed by atoms with Gasteiger partial charge in [0.1, 0.15) is 12.4 Å². The minimum Gasteiger partial charge on any atom is -0.465 e. The van der Waals surface area contributed by atoms with Crippen LogP contribution < -0.4 is 16.6 Å². The fourth-order valence-corrected chi connectivity index (χ4v) is 3.63. The number of halogens is 1. The first-order valence-corrected chi connectivity index (χ1v) is 10.8. The molecular weight excluding hydrogens is 460 g/mol. The number of esters is 1. The third-order valence-electron chi connectivity index (χ3n) is 4.02. The van der Waals surface area contributed by atoms with Gasteiger partial charge < -0.3 is 15.0 Å². The smallest absolute Gasteiger partial charge is 0.325 e. The molecule has 0 radical (unpaired) electrons. The predicted molar refractivity (Wildman–Crippen MR) is 117 cm³/mol. The number of benzene rings is 1. The topological polar surface area (TPSA) is 152 Å². The first kappa shape index (κ1) is 23.3. The average Bonchev–Trinajstić information content (AvgIpc) is 3.13. The number of thioether (sulfide) groups is 1. The van der Waals surface area contributed by atoms with Crippen molar-refractivity contribution in [1.82, 2.24) is 30.0 Å². The lowest BCUT2D eigenvalue weighted by atomic mass is 10.2. The SMILES string of the molecule is CCOC(=O)CNC(=O)CSc1nnc(Cc2cc(=O)[nH]c(=O)[nH]2)n1-c1ccc(Cl)cc1. The zero-order chi connectivity index (χ0) is 23.1. The summed E-state index contributed by atoms with van der Waals surface area (Å²) in [4.78, 5) is 51.3. The summed E-state index contributed by atoms with van der Waals surface area (Å²) in [5, 5.41) is 11.7. The van der Waals surface area contributed by atoms with E-state index in [1.54, 1.807) is 35.8 Å². The summed E-state index contributed by atoms with van der Waals surface area (Å²) in [6.07, 6.45) is 0.115. The van der Waals surface area contributed by atoms with Crippen LogP contribution in [0.15, 0.2) is 45.1 Å². The summed E-state index contributed by atoms with van der Waals surface area (Å²) < 4.78 is 6.46. The molecule has 13 heteroatoms. The van der Waals surface area contributed by atoms with E-state index in [2.05, 4.69) is 25.5 Å². The lowest BCUT2D eigenvalue weighted by Gasteiger charge is -2.10. The van der Waals surface area contributed by atoms with Crippen molar-refractivity contribution in [1.29, 1.82) is 0 Å². The summed E-state index contributed by atoms with van der Waals surface area (Å²) in [6.45, 7) is 1.69. The number of aromatic nitrogens is 5. The second-order valence-corrected chi connectivity index (χ2v) is 7.75. The Bertz CT molecular complexity index is 1190. The van der Waals surface area contributed by atoms with Crippen LogP contribution >= 0.6 is 23.4 Å². The van der Waals surface area contributed by atoms with E-state index in [0.717, 1.165) is 11.8 Å². The zero-order valence-electron chi connectivity index (χ0n) is 16.9. The van der Waals surface area contributed by atoms with Gasteiger partial charge in [-0.05, 0) is 31.2 Å². The van der Waals surface area contributed by atoms with E-state index in [1.165, 1.54) is 6.07 Å². The molecule has 32 heavy (non-hydrogen) atoms. The molecule has 0 atom stereocenters. The molecule has 0 saturated heterocycles. The Labute approximate surface area is 190 Å². The van der Waals surface area contributed by atoms with Crippen molar-refractivity contribution in [2.45, 2.75) is 18.5 Å². The first-order valence-electron chi connectivity index (χ1n) is 9.43. The molecule has 1 aromatic carbocycles. The maximum Gasteiger partial charge on any atom is 0.325 e. The van der Waals surface area contributed by atoms with Gasteiger partial charge in [-0.15, -0.1) is 10.2 Å². The van der Waals surface area contributed by atoms with Gasteiger partial charge in [-0.25, -0.2) is 4.79 Å². The van der Waals surface area contributed by atoms with Crippen LogP contribution in [-0.4, -0.2) is 55.5 Å². The van der Waals surface area contributed by atoms with Crippen LogP contribution in [0, 0.1) is 0 Å². The van der Waals surface area contributed by atoms with E-state index in [9.17, 15) is 19.2 Å². The number of ether oxygens (including phenoxy) is 1. The van der Waals surface area contributed by atoms with Crippen LogP contribution in [0.25, 0.3) is 5.69 Å². The summed E-state index contributed by atoms with van der Waals surface area (Å²) in [6, 6.07) is 8.14. The highest BCUT2D eigenvalue weighted by atomic mass is 35.5. The van der Waals surface area contributed by atoms with E-state index >= 15 is 0 Å². The number of nitrogens with one attached hydrogen (secondary N) is 3. The summed E-state index contributed by atoms with van der Waals surface area (Å²) >= 11 is 7.10. The second kappa shape index (κ2) is 10.8. The molecule has 0 unspecified atom stereocenters. The molecule has 0 aliphatic carbocycles. The minimum atomic E-state index is -0.627. The largest absolute Gasteiger partial charge is 0.465 e. The lowest BCUT2D eigenvalue weighted by Crippen LogP contribution is -2.31. The van der Waals surface area contributed by atoms with Gasteiger partial charge in [0, 0.05) is 28.9 Å². The number of rotatable bonds is 9. The molecule has 3 N–H and O–H groups in total. The third-order valence-corrected chi connectivity index (χ3v) is 5.20. The van der Waals surface area contributed by atoms with Crippen molar-refractivity contribution < 1.29 is 14.3 Å². The molecule has 0 aliphatic rings. The number of amides is 1. The quantitative estimate of drug-likeness (QED) is 0.299. The van der Waals surface area contributed by atoms with Crippen molar-refractivity contribution in [2.24, 2.45) is 0 Å². The van der Waals surface area contributed by atoms with Crippen molar-refractivity contribution in [3.05, 3.63) is 67.7 Å². The standard InChI is InChI=1S/C19H19ClN6O5S/c1-2-31-17(29)9-21-16(28)10-32-19-25-24-14(7-12-8-15(27)23-18(30)22-12)26(19)13-5-3-11(20)4-6-13/h3-6,8H,2,7,9-10H2,1H3,(H,21,28)(H2,22,23,27,30). The molecule has 0 aliphatic heterocycles. The summed E-state index contributed by atoms with van der Waals surface area (Å²) in [5.41, 5.74) is -0.131. The van der Waals surface area contributed by atoms with Gasteiger partial charge in [0.05, 0.1) is 12.4 Å². The van der Waals surface area contributed by atoms with Crippen molar-refractivity contribution >= 4 is 35.2 Å². The average molecular weight is 479 g/mol. The van der Waals surface area contributed by atoms with Gasteiger partial charge >= 0.3 is 11.7 Å². The Kier molecular flexibility index (Phi) is 7.84. The minimum absolute atomic E-state index is 0.0209. The van der Waals surface area contributed by atoms with Gasteiger partial charge in [-0.1, -0.05) is 23.4 Å². The first-order chi connectivity index (χ1) is 15.4. The van der Waals surface area contributed by atoms with E-state index in [-0.39, 0.29) is 31.2 Å². The second-order valence-electron chi connectivity index (χ2n) is 6.37. The maximum absolute atomic E-state index is 12.1. The Morgan fingerprint density at radius 3 is 2.62 bits per heavy atom. The molecule has 0 spiro atoms. The van der Waals surface area contributed by atoms with Crippen LogP contribution in [0.4, 0.5) is 0 Å². The van der Waals surface area contributed by atoms with Crippen molar-refractivity contribution in [2.75, 3.05) is 18.9 Å². The molecule has 0 fully saturated rings. The van der Waals surface area contributed by atoms with Crippen LogP contribution in [0.5, 0.6) is 0 Å². The fourth-order valence-electron chi connectivity index (χ4n) is 2.71. The number of carbonyl (C=O) groups excluding carboxylic acids is 2. The molecule has 168 valence electrons. The van der Waals surface area contributed by atoms with E-state index in [4.69, 9.17) is 16.3 Å². The van der Waals surface area contributed by atoms with Gasteiger partial charge in [-0.2, -0.15) is 0 Å². The van der Waals surface area contributed by atoms with Crippen LogP contribution in [0.1, 0.15) is 18.4 Å². The van der Waals surface area contributed by atoms with Crippen LogP contribution in [-0.2, 0) is 20.7 Å². The third kappa shape index (κ3) is 6.31. The lowest BCUT2D eigenvalue weighted by molar-refractivity contribution is -0.143.